The Morgan fingerprint density at radius 3 is 3.07 bits per heavy atom. The molecule has 0 fully saturated rings. The lowest BCUT2D eigenvalue weighted by molar-refractivity contribution is 0.618. The fourth-order valence-electron chi connectivity index (χ4n) is 1.34. The van der Waals surface area contributed by atoms with E-state index in [9.17, 15) is 4.39 Å². The minimum Gasteiger partial charge on any atom is -0.356 e. The molecule has 0 saturated carbocycles. The van der Waals surface area contributed by atoms with Crippen LogP contribution in [0.15, 0.2) is 23.3 Å². The zero-order chi connectivity index (χ0) is 10.5. The number of guanidine groups is 1. The van der Waals surface area contributed by atoms with Crippen LogP contribution >= 0.6 is 0 Å². The summed E-state index contributed by atoms with van der Waals surface area (Å²) in [5, 5.41) is 6.25. The van der Waals surface area contributed by atoms with Crippen LogP contribution < -0.4 is 10.6 Å². The highest BCUT2D eigenvalue weighted by atomic mass is 19.1. The number of aromatic nitrogens is 1. The highest BCUT2D eigenvalue weighted by Crippen LogP contribution is 1.97. The summed E-state index contributed by atoms with van der Waals surface area (Å²) < 4.78 is 12.6. The van der Waals surface area contributed by atoms with Gasteiger partial charge in [0.1, 0.15) is 5.82 Å². The first-order valence-electron chi connectivity index (χ1n) is 4.97. The largest absolute Gasteiger partial charge is 0.356 e. The maximum atomic E-state index is 12.6. The molecule has 80 valence electrons. The molecule has 0 amide bonds. The van der Waals surface area contributed by atoms with Crippen LogP contribution in [0.25, 0.3) is 0 Å². The Hall–Kier alpha value is -1.65. The van der Waals surface area contributed by atoms with E-state index in [0.717, 1.165) is 31.2 Å². The summed E-state index contributed by atoms with van der Waals surface area (Å²) in [4.78, 5) is 8.20. The van der Waals surface area contributed by atoms with Gasteiger partial charge in [-0.1, -0.05) is 0 Å². The van der Waals surface area contributed by atoms with Crippen molar-refractivity contribution in [2.75, 3.05) is 13.1 Å². The van der Waals surface area contributed by atoms with Crippen molar-refractivity contribution >= 4 is 5.96 Å². The van der Waals surface area contributed by atoms with Gasteiger partial charge in [0.05, 0.1) is 18.4 Å². The van der Waals surface area contributed by atoms with Crippen LogP contribution in [-0.2, 0) is 6.54 Å². The first-order valence-corrected chi connectivity index (χ1v) is 4.97. The molecule has 0 spiro atoms. The summed E-state index contributed by atoms with van der Waals surface area (Å²) >= 11 is 0. The van der Waals surface area contributed by atoms with Crippen molar-refractivity contribution in [3.63, 3.8) is 0 Å². The molecule has 5 heteroatoms. The molecule has 0 atom stereocenters. The van der Waals surface area contributed by atoms with Crippen molar-refractivity contribution in [3.05, 3.63) is 29.8 Å². The van der Waals surface area contributed by atoms with E-state index in [1.54, 1.807) is 6.07 Å². The van der Waals surface area contributed by atoms with Crippen LogP contribution in [0.1, 0.15) is 12.1 Å². The molecular formula is C10H13FN4. The molecule has 1 aromatic rings. The topological polar surface area (TPSA) is 49.3 Å². The van der Waals surface area contributed by atoms with Crippen LogP contribution in [0, 0.1) is 5.82 Å². The maximum Gasteiger partial charge on any atom is 0.191 e. The molecule has 0 aromatic carbocycles. The molecule has 2 rings (SSSR count). The lowest BCUT2D eigenvalue weighted by Gasteiger charge is -2.15. The number of hydrogen-bond acceptors (Lipinski definition) is 4. The number of hydrogen-bond donors (Lipinski definition) is 2. The molecule has 2 N–H and O–H groups in total. The van der Waals surface area contributed by atoms with Gasteiger partial charge in [-0.05, 0) is 18.6 Å². The summed E-state index contributed by atoms with van der Waals surface area (Å²) in [6.07, 6.45) is 2.28. The smallest absolute Gasteiger partial charge is 0.191 e. The van der Waals surface area contributed by atoms with E-state index in [0.29, 0.717) is 6.54 Å². The van der Waals surface area contributed by atoms with Crippen LogP contribution in [-0.4, -0.2) is 24.0 Å². The quantitative estimate of drug-likeness (QED) is 0.750. The fraction of sp³-hybridized carbons (Fsp3) is 0.400. The minimum absolute atomic E-state index is 0.313. The average Bonchev–Trinajstić information content (AvgIpc) is 2.30. The highest BCUT2D eigenvalue weighted by Gasteiger charge is 2.03. The summed E-state index contributed by atoms with van der Waals surface area (Å²) in [5.74, 6) is 0.485. The number of rotatable bonds is 2. The molecule has 0 aliphatic carbocycles. The van der Waals surface area contributed by atoms with Gasteiger partial charge in [-0.15, -0.1) is 0 Å². The molecule has 0 unspecified atom stereocenters. The standard InChI is InChI=1S/C10H13FN4/c11-8-2-3-9(14-6-8)7-15-10-12-4-1-5-13-10/h2-3,6H,1,4-5,7H2,(H2,12,13,15). The van der Waals surface area contributed by atoms with Crippen molar-refractivity contribution in [1.82, 2.24) is 15.6 Å². The fourth-order valence-corrected chi connectivity index (χ4v) is 1.34. The summed E-state index contributed by atoms with van der Waals surface area (Å²) in [6.45, 7) is 2.36. The van der Waals surface area contributed by atoms with Crippen molar-refractivity contribution in [3.8, 4) is 0 Å². The molecule has 0 radical (unpaired) electrons. The van der Waals surface area contributed by atoms with Gasteiger partial charge in [0.2, 0.25) is 0 Å². The molecule has 4 nitrogen and oxygen atoms in total. The average molecular weight is 208 g/mol. The van der Waals surface area contributed by atoms with Gasteiger partial charge in [0.15, 0.2) is 5.96 Å². The third-order valence-corrected chi connectivity index (χ3v) is 2.12. The van der Waals surface area contributed by atoms with Gasteiger partial charge < -0.3 is 10.6 Å². The lowest BCUT2D eigenvalue weighted by Crippen LogP contribution is -2.40. The Labute approximate surface area is 87.6 Å². The minimum atomic E-state index is -0.313. The Balaban J connectivity index is 1.87. The van der Waals surface area contributed by atoms with E-state index in [1.807, 2.05) is 0 Å². The zero-order valence-corrected chi connectivity index (χ0v) is 8.33. The second-order valence-corrected chi connectivity index (χ2v) is 3.33. The highest BCUT2D eigenvalue weighted by molar-refractivity contribution is 5.80. The first-order chi connectivity index (χ1) is 7.34. The third kappa shape index (κ3) is 2.90. The summed E-state index contributed by atoms with van der Waals surface area (Å²) in [6, 6.07) is 3.06. The van der Waals surface area contributed by atoms with Gasteiger partial charge in [-0.2, -0.15) is 0 Å². The second kappa shape index (κ2) is 4.72. The Morgan fingerprint density at radius 2 is 2.40 bits per heavy atom. The Morgan fingerprint density at radius 1 is 1.47 bits per heavy atom. The van der Waals surface area contributed by atoms with Crippen LogP contribution in [0.4, 0.5) is 4.39 Å². The summed E-state index contributed by atoms with van der Waals surface area (Å²) in [5.41, 5.74) is 0.798. The zero-order valence-electron chi connectivity index (χ0n) is 8.33. The number of nitrogens with one attached hydrogen (secondary N) is 2. The van der Waals surface area contributed by atoms with E-state index in [4.69, 9.17) is 0 Å². The number of aliphatic imine (C=N–C) groups is 1. The lowest BCUT2D eigenvalue weighted by atomic mass is 10.3. The van der Waals surface area contributed by atoms with Gasteiger partial charge >= 0.3 is 0 Å². The monoisotopic (exact) mass is 208 g/mol. The number of nitrogens with zero attached hydrogens (tertiary/aromatic N) is 2. The Kier molecular flexibility index (Phi) is 3.11. The predicted octanol–water partition coefficient (Wildman–Crippen LogP) is 0.660. The summed E-state index contributed by atoms with van der Waals surface area (Å²) in [7, 11) is 0. The molecule has 2 heterocycles. The van der Waals surface area contributed by atoms with Crippen molar-refractivity contribution in [2.24, 2.45) is 4.99 Å². The van der Waals surface area contributed by atoms with Gasteiger partial charge in [-0.25, -0.2) is 4.39 Å². The number of pyridine rings is 1. The van der Waals surface area contributed by atoms with Gasteiger partial charge in [0.25, 0.3) is 0 Å². The van der Waals surface area contributed by atoms with E-state index in [2.05, 4.69) is 20.6 Å². The Bertz CT molecular complexity index is 347. The molecule has 15 heavy (non-hydrogen) atoms. The second-order valence-electron chi connectivity index (χ2n) is 3.33. The third-order valence-electron chi connectivity index (χ3n) is 2.12. The molecule has 1 aromatic heterocycles. The molecular weight excluding hydrogens is 195 g/mol. The van der Waals surface area contributed by atoms with Gasteiger partial charge in [-0.3, -0.25) is 9.98 Å². The normalized spacial score (nSPS) is 15.4. The van der Waals surface area contributed by atoms with Crippen molar-refractivity contribution in [1.29, 1.82) is 0 Å². The van der Waals surface area contributed by atoms with Crippen LogP contribution in [0.3, 0.4) is 0 Å². The van der Waals surface area contributed by atoms with E-state index in [1.165, 1.54) is 12.3 Å². The van der Waals surface area contributed by atoms with Crippen molar-refractivity contribution < 1.29 is 4.39 Å². The predicted molar refractivity (Wildman–Crippen MR) is 56.0 cm³/mol. The maximum absolute atomic E-state index is 12.6. The van der Waals surface area contributed by atoms with Crippen molar-refractivity contribution in [2.45, 2.75) is 13.0 Å². The van der Waals surface area contributed by atoms with E-state index < -0.39 is 0 Å². The van der Waals surface area contributed by atoms with Gasteiger partial charge in [0, 0.05) is 13.1 Å². The SMILES string of the molecule is Fc1ccc(CNC2=NCCCN2)nc1. The molecule has 0 saturated heterocycles. The molecule has 1 aliphatic rings. The van der Waals surface area contributed by atoms with E-state index in [-0.39, 0.29) is 5.82 Å². The van der Waals surface area contributed by atoms with Crippen LogP contribution in [0.5, 0.6) is 0 Å². The first kappa shape index (κ1) is 9.89. The molecule has 0 bridgehead atoms. The van der Waals surface area contributed by atoms with E-state index >= 15 is 0 Å². The molecule has 1 aliphatic heterocycles. The van der Waals surface area contributed by atoms with Crippen LogP contribution in [0.2, 0.25) is 0 Å². The number of halogens is 1.